The molecule has 1 aromatic heterocycles. The monoisotopic (exact) mass is 386 g/mol. The van der Waals surface area contributed by atoms with Crippen LogP contribution < -0.4 is 5.32 Å². The minimum Gasteiger partial charge on any atom is -0.342 e. The fraction of sp³-hybridized carbons (Fsp3) is 0.250. The molecule has 0 bridgehead atoms. The first-order chi connectivity index (χ1) is 8.95. The lowest BCUT2D eigenvalue weighted by molar-refractivity contribution is 0.0938. The summed E-state index contributed by atoms with van der Waals surface area (Å²) >= 11 is 6.71. The number of benzene rings is 1. The van der Waals surface area contributed by atoms with Crippen molar-refractivity contribution >= 4 is 37.8 Å². The van der Waals surface area contributed by atoms with E-state index in [2.05, 4.69) is 52.4 Å². The van der Waals surface area contributed by atoms with Gasteiger partial charge in [0.15, 0.2) is 5.82 Å². The maximum atomic E-state index is 12.1. The molecule has 1 heterocycles. The van der Waals surface area contributed by atoms with Gasteiger partial charge in [0.1, 0.15) is 5.82 Å². The van der Waals surface area contributed by atoms with Gasteiger partial charge in [0, 0.05) is 14.5 Å². The standard InChI is InChI=1S/C12H12Br2N4O/c1-6(11-16-7(2)17-18-11)15-12(19)8-3-9(13)5-10(14)4-8/h3-6H,1-2H3,(H,15,19)(H,16,17,18). The van der Waals surface area contributed by atoms with Gasteiger partial charge < -0.3 is 5.32 Å². The number of nitrogens with zero attached hydrogens (tertiary/aromatic N) is 2. The number of aromatic amines is 1. The molecular weight excluding hydrogens is 376 g/mol. The number of rotatable bonds is 3. The summed E-state index contributed by atoms with van der Waals surface area (Å²) < 4.78 is 1.68. The van der Waals surface area contributed by atoms with Crippen molar-refractivity contribution in [3.05, 3.63) is 44.4 Å². The van der Waals surface area contributed by atoms with Crippen LogP contribution in [0.2, 0.25) is 0 Å². The van der Waals surface area contributed by atoms with Gasteiger partial charge in [0.05, 0.1) is 6.04 Å². The van der Waals surface area contributed by atoms with Crippen LogP contribution >= 0.6 is 31.9 Å². The average Bonchev–Trinajstić information content (AvgIpc) is 2.74. The van der Waals surface area contributed by atoms with E-state index in [4.69, 9.17) is 0 Å². The fourth-order valence-electron chi connectivity index (χ4n) is 1.58. The molecule has 1 atom stereocenters. The van der Waals surface area contributed by atoms with Crippen LogP contribution in [-0.4, -0.2) is 21.1 Å². The summed E-state index contributed by atoms with van der Waals surface area (Å²) in [7, 11) is 0. The predicted molar refractivity (Wildman–Crippen MR) is 78.8 cm³/mol. The molecule has 0 spiro atoms. The smallest absolute Gasteiger partial charge is 0.251 e. The molecule has 7 heteroatoms. The fourth-order valence-corrected chi connectivity index (χ4v) is 2.88. The number of H-pyrrole nitrogens is 1. The molecular formula is C12H12Br2N4O. The van der Waals surface area contributed by atoms with Gasteiger partial charge in [-0.25, -0.2) is 4.98 Å². The van der Waals surface area contributed by atoms with Crippen LogP contribution in [0.5, 0.6) is 0 Å². The normalized spacial score (nSPS) is 12.2. The maximum Gasteiger partial charge on any atom is 0.251 e. The number of carbonyl (C=O) groups is 1. The molecule has 2 aromatic rings. The van der Waals surface area contributed by atoms with Crippen molar-refractivity contribution in [2.45, 2.75) is 19.9 Å². The summed E-state index contributed by atoms with van der Waals surface area (Å²) in [5.41, 5.74) is 0.570. The van der Waals surface area contributed by atoms with Crippen LogP contribution in [-0.2, 0) is 0 Å². The molecule has 2 N–H and O–H groups in total. The first-order valence-corrected chi connectivity index (χ1v) is 7.20. The molecule has 0 fully saturated rings. The third-order valence-corrected chi connectivity index (χ3v) is 3.39. The largest absolute Gasteiger partial charge is 0.342 e. The second-order valence-electron chi connectivity index (χ2n) is 4.13. The minimum atomic E-state index is -0.254. The molecule has 0 aliphatic heterocycles. The Labute approximate surface area is 127 Å². The summed E-state index contributed by atoms with van der Waals surface area (Å²) in [6, 6.07) is 5.14. The van der Waals surface area contributed by atoms with E-state index < -0.39 is 0 Å². The Morgan fingerprint density at radius 3 is 2.47 bits per heavy atom. The van der Waals surface area contributed by atoms with E-state index in [-0.39, 0.29) is 11.9 Å². The molecule has 2 rings (SSSR count). The van der Waals surface area contributed by atoms with Gasteiger partial charge >= 0.3 is 0 Å². The lowest BCUT2D eigenvalue weighted by Crippen LogP contribution is -2.27. The summed E-state index contributed by atoms with van der Waals surface area (Å²) in [5, 5.41) is 9.64. The van der Waals surface area contributed by atoms with Crippen molar-refractivity contribution in [3.63, 3.8) is 0 Å². The summed E-state index contributed by atoms with van der Waals surface area (Å²) in [5.74, 6) is 1.12. The van der Waals surface area contributed by atoms with Gasteiger partial charge in [-0.2, -0.15) is 5.10 Å². The third-order valence-electron chi connectivity index (χ3n) is 2.47. The van der Waals surface area contributed by atoms with Crippen LogP contribution in [0.4, 0.5) is 0 Å². The summed E-state index contributed by atoms with van der Waals surface area (Å²) in [6.45, 7) is 3.66. The number of amides is 1. The van der Waals surface area contributed by atoms with Crippen molar-refractivity contribution in [2.75, 3.05) is 0 Å². The summed E-state index contributed by atoms with van der Waals surface area (Å²) in [6.07, 6.45) is 0. The lowest BCUT2D eigenvalue weighted by Gasteiger charge is -2.11. The number of nitrogens with one attached hydrogen (secondary N) is 2. The number of carbonyl (C=O) groups excluding carboxylic acids is 1. The van der Waals surface area contributed by atoms with Crippen LogP contribution in [0.1, 0.15) is 35.0 Å². The van der Waals surface area contributed by atoms with Crippen molar-refractivity contribution in [3.8, 4) is 0 Å². The maximum absolute atomic E-state index is 12.1. The van der Waals surface area contributed by atoms with Gasteiger partial charge in [0.2, 0.25) is 0 Å². The van der Waals surface area contributed by atoms with Crippen LogP contribution in [0, 0.1) is 6.92 Å². The zero-order chi connectivity index (χ0) is 14.0. The molecule has 0 radical (unpaired) electrons. The minimum absolute atomic E-state index is 0.169. The molecule has 0 aliphatic carbocycles. The van der Waals surface area contributed by atoms with Crippen molar-refractivity contribution in [2.24, 2.45) is 0 Å². The molecule has 0 saturated carbocycles. The Kier molecular flexibility index (Phi) is 4.36. The topological polar surface area (TPSA) is 70.7 Å². The highest BCUT2D eigenvalue weighted by molar-refractivity contribution is 9.11. The SMILES string of the molecule is Cc1nc(C(C)NC(=O)c2cc(Br)cc(Br)c2)n[nH]1. The van der Waals surface area contributed by atoms with E-state index in [9.17, 15) is 4.79 Å². The Hall–Kier alpha value is -1.21. The van der Waals surface area contributed by atoms with Gasteiger partial charge in [-0.1, -0.05) is 31.9 Å². The lowest BCUT2D eigenvalue weighted by atomic mass is 10.2. The Morgan fingerprint density at radius 2 is 1.95 bits per heavy atom. The molecule has 0 saturated heterocycles. The zero-order valence-corrected chi connectivity index (χ0v) is 13.5. The number of hydrogen-bond donors (Lipinski definition) is 2. The van der Waals surface area contributed by atoms with E-state index >= 15 is 0 Å². The second-order valence-corrected chi connectivity index (χ2v) is 5.96. The molecule has 1 unspecified atom stereocenters. The Morgan fingerprint density at radius 1 is 1.32 bits per heavy atom. The van der Waals surface area contributed by atoms with Gasteiger partial charge in [-0.15, -0.1) is 0 Å². The second kappa shape index (κ2) is 5.83. The van der Waals surface area contributed by atoms with Crippen molar-refractivity contribution in [1.82, 2.24) is 20.5 Å². The summed E-state index contributed by atoms with van der Waals surface area (Å²) in [4.78, 5) is 16.3. The van der Waals surface area contributed by atoms with Crippen LogP contribution in [0.3, 0.4) is 0 Å². The first kappa shape index (κ1) is 14.2. The van der Waals surface area contributed by atoms with E-state index in [1.807, 2.05) is 19.9 Å². The Balaban J connectivity index is 2.12. The average molecular weight is 388 g/mol. The van der Waals surface area contributed by atoms with E-state index in [1.54, 1.807) is 12.1 Å². The third kappa shape index (κ3) is 3.63. The number of aryl methyl sites for hydroxylation is 1. The van der Waals surface area contributed by atoms with Gasteiger partial charge in [0.25, 0.3) is 5.91 Å². The number of hydrogen-bond acceptors (Lipinski definition) is 3. The van der Waals surface area contributed by atoms with Crippen LogP contribution in [0.15, 0.2) is 27.1 Å². The Bertz CT molecular complexity index is 591. The van der Waals surface area contributed by atoms with E-state index in [1.165, 1.54) is 0 Å². The van der Waals surface area contributed by atoms with Gasteiger partial charge in [-0.3, -0.25) is 9.89 Å². The van der Waals surface area contributed by atoms with Gasteiger partial charge in [-0.05, 0) is 32.0 Å². The first-order valence-electron chi connectivity index (χ1n) is 5.61. The number of halogens is 2. The highest BCUT2D eigenvalue weighted by Gasteiger charge is 2.15. The molecule has 0 aliphatic rings. The highest BCUT2D eigenvalue weighted by Crippen LogP contribution is 2.20. The molecule has 1 aromatic carbocycles. The highest BCUT2D eigenvalue weighted by atomic mass is 79.9. The van der Waals surface area contributed by atoms with Crippen LogP contribution in [0.25, 0.3) is 0 Å². The molecule has 19 heavy (non-hydrogen) atoms. The molecule has 5 nitrogen and oxygen atoms in total. The zero-order valence-electron chi connectivity index (χ0n) is 10.4. The van der Waals surface area contributed by atoms with E-state index in [0.717, 1.165) is 14.8 Å². The quantitative estimate of drug-likeness (QED) is 0.849. The van der Waals surface area contributed by atoms with E-state index in [0.29, 0.717) is 11.4 Å². The van der Waals surface area contributed by atoms with Crippen molar-refractivity contribution < 1.29 is 4.79 Å². The molecule has 100 valence electrons. The predicted octanol–water partition coefficient (Wildman–Crippen LogP) is 3.13. The van der Waals surface area contributed by atoms with Crippen molar-refractivity contribution in [1.29, 1.82) is 0 Å². The number of aromatic nitrogens is 3. The molecule has 1 amide bonds.